The van der Waals surface area contributed by atoms with Crippen LogP contribution in [0.25, 0.3) is 5.65 Å². The largest absolute Gasteiger partial charge is 0.418 e. The van der Waals surface area contributed by atoms with E-state index in [2.05, 4.69) is 10.3 Å². The topological polar surface area (TPSA) is 46.4 Å². The zero-order chi connectivity index (χ0) is 19.6. The summed E-state index contributed by atoms with van der Waals surface area (Å²) in [5.74, 6) is -0.613. The van der Waals surface area contributed by atoms with E-state index < -0.39 is 17.6 Å². The Kier molecular flexibility index (Phi) is 5.46. The number of nitrogens with zero attached hydrogens (tertiary/aromatic N) is 2. The zero-order valence-corrected chi connectivity index (χ0v) is 15.6. The summed E-state index contributed by atoms with van der Waals surface area (Å²) in [7, 11) is 0. The molecule has 0 fully saturated rings. The van der Waals surface area contributed by atoms with Gasteiger partial charge in [0.15, 0.2) is 0 Å². The Morgan fingerprint density at radius 1 is 1.30 bits per heavy atom. The van der Waals surface area contributed by atoms with Crippen LogP contribution in [0.5, 0.6) is 0 Å². The fraction of sp³-hybridized carbons (Fsp3) is 0.263. The minimum Gasteiger partial charge on any atom is -0.321 e. The smallest absolute Gasteiger partial charge is 0.321 e. The third-order valence-electron chi connectivity index (χ3n) is 4.11. The highest BCUT2D eigenvalue weighted by molar-refractivity contribution is 7.99. The predicted molar refractivity (Wildman–Crippen MR) is 100 cm³/mol. The van der Waals surface area contributed by atoms with E-state index in [1.807, 2.05) is 13.8 Å². The van der Waals surface area contributed by atoms with Crippen LogP contribution >= 0.6 is 11.8 Å². The lowest BCUT2D eigenvalue weighted by Crippen LogP contribution is -2.17. The van der Waals surface area contributed by atoms with Crippen LogP contribution in [0.15, 0.2) is 53.8 Å². The predicted octanol–water partition coefficient (Wildman–Crippen LogP) is 5.50. The monoisotopic (exact) mass is 393 g/mol. The van der Waals surface area contributed by atoms with Crippen LogP contribution in [0, 0.1) is 0 Å². The van der Waals surface area contributed by atoms with E-state index in [9.17, 15) is 18.0 Å². The summed E-state index contributed by atoms with van der Waals surface area (Å²) < 4.78 is 42.1. The Morgan fingerprint density at radius 2 is 2.07 bits per heavy atom. The van der Waals surface area contributed by atoms with Crippen molar-refractivity contribution in [2.75, 3.05) is 5.32 Å². The maximum absolute atomic E-state index is 13.5. The van der Waals surface area contributed by atoms with E-state index in [0.717, 1.165) is 12.5 Å². The molecule has 2 aromatic heterocycles. The number of carbonyl (C=O) groups is 1. The highest BCUT2D eigenvalue weighted by Crippen LogP contribution is 2.38. The number of alkyl halides is 3. The molecule has 1 amide bonds. The number of thioether (sulfide) groups is 1. The van der Waals surface area contributed by atoms with Gasteiger partial charge in [-0.25, -0.2) is 4.98 Å². The molecule has 8 heteroatoms. The molecule has 0 aliphatic carbocycles. The first-order chi connectivity index (χ1) is 12.8. The van der Waals surface area contributed by atoms with Gasteiger partial charge in [-0.1, -0.05) is 13.8 Å². The molecule has 1 unspecified atom stereocenters. The van der Waals surface area contributed by atoms with Crippen molar-refractivity contribution in [1.29, 1.82) is 0 Å². The number of fused-ring (bicyclic) bond motifs is 1. The lowest BCUT2D eigenvalue weighted by atomic mass is 10.1. The second-order valence-corrected chi connectivity index (χ2v) is 7.62. The summed E-state index contributed by atoms with van der Waals surface area (Å²) in [6.07, 6.45) is 1.04. The second-order valence-electron chi connectivity index (χ2n) is 6.11. The molecule has 0 saturated heterocycles. The molecule has 2 heterocycles. The molecule has 0 aliphatic heterocycles. The fourth-order valence-corrected chi connectivity index (χ4v) is 3.47. The number of amides is 1. The maximum Gasteiger partial charge on any atom is 0.418 e. The molecule has 3 rings (SSSR count). The highest BCUT2D eigenvalue weighted by atomic mass is 32.2. The molecule has 3 aromatic rings. The summed E-state index contributed by atoms with van der Waals surface area (Å²) >= 11 is 1.38. The summed E-state index contributed by atoms with van der Waals surface area (Å²) in [6, 6.07) is 7.15. The van der Waals surface area contributed by atoms with Gasteiger partial charge in [0.25, 0.3) is 5.91 Å². The molecule has 27 heavy (non-hydrogen) atoms. The van der Waals surface area contributed by atoms with Crippen molar-refractivity contribution in [2.45, 2.75) is 36.6 Å². The van der Waals surface area contributed by atoms with E-state index in [1.165, 1.54) is 30.1 Å². The average Bonchev–Trinajstić information content (AvgIpc) is 3.09. The molecule has 1 aromatic carbocycles. The van der Waals surface area contributed by atoms with Crippen molar-refractivity contribution in [3.63, 3.8) is 0 Å². The van der Waals surface area contributed by atoms with Gasteiger partial charge >= 0.3 is 6.18 Å². The molecular formula is C19H18F3N3OS. The molecule has 0 saturated carbocycles. The Hall–Kier alpha value is -2.48. The average molecular weight is 393 g/mol. The van der Waals surface area contributed by atoms with Crippen molar-refractivity contribution in [2.24, 2.45) is 0 Å². The lowest BCUT2D eigenvalue weighted by molar-refractivity contribution is -0.137. The number of benzene rings is 1. The number of aromatic nitrogens is 2. The number of imidazole rings is 1. The molecule has 4 nitrogen and oxygen atoms in total. The van der Waals surface area contributed by atoms with Gasteiger partial charge in [0.05, 0.1) is 16.8 Å². The normalized spacial score (nSPS) is 12.9. The van der Waals surface area contributed by atoms with Crippen LogP contribution in [0.2, 0.25) is 0 Å². The van der Waals surface area contributed by atoms with E-state index in [-0.39, 0.29) is 16.5 Å². The molecule has 0 aliphatic rings. The van der Waals surface area contributed by atoms with Gasteiger partial charge in [0, 0.05) is 28.7 Å². The van der Waals surface area contributed by atoms with E-state index in [4.69, 9.17) is 0 Å². The van der Waals surface area contributed by atoms with Crippen LogP contribution in [0.3, 0.4) is 0 Å². The van der Waals surface area contributed by atoms with Crippen LogP contribution < -0.4 is 5.32 Å². The van der Waals surface area contributed by atoms with Gasteiger partial charge in [0.2, 0.25) is 0 Å². The lowest BCUT2D eigenvalue weighted by Gasteiger charge is -2.16. The minimum atomic E-state index is -4.57. The molecule has 0 bridgehead atoms. The number of pyridine rings is 1. The molecule has 0 radical (unpaired) electrons. The molecule has 0 spiro atoms. The van der Waals surface area contributed by atoms with Crippen molar-refractivity contribution in [3.05, 3.63) is 60.0 Å². The summed E-state index contributed by atoms with van der Waals surface area (Å²) in [4.78, 5) is 17.0. The number of hydrogen-bond donors (Lipinski definition) is 1. The fourth-order valence-electron chi connectivity index (χ4n) is 2.50. The summed E-state index contributed by atoms with van der Waals surface area (Å²) in [5.41, 5.74) is -0.222. The Labute approximate surface area is 158 Å². The van der Waals surface area contributed by atoms with E-state index in [1.54, 1.807) is 28.9 Å². The molecule has 1 atom stereocenters. The Morgan fingerprint density at radius 3 is 2.78 bits per heavy atom. The van der Waals surface area contributed by atoms with Gasteiger partial charge < -0.3 is 9.72 Å². The standard InChI is InChI=1S/C19H18F3N3OS/c1-3-12(2)27-14-5-6-16(15(10-14)19(20,21)22)24-18(26)13-4-7-17-23-8-9-25(17)11-13/h4-12H,3H2,1-2H3,(H,24,26). The third-order valence-corrected chi connectivity index (χ3v) is 5.37. The number of carbonyl (C=O) groups excluding carboxylic acids is 1. The quantitative estimate of drug-likeness (QED) is 0.583. The molecule has 142 valence electrons. The van der Waals surface area contributed by atoms with Crippen LogP contribution in [-0.4, -0.2) is 20.5 Å². The second kappa shape index (κ2) is 7.64. The highest BCUT2D eigenvalue weighted by Gasteiger charge is 2.34. The minimum absolute atomic E-state index is 0.202. The first-order valence-electron chi connectivity index (χ1n) is 8.40. The Bertz CT molecular complexity index is 968. The number of hydrogen-bond acceptors (Lipinski definition) is 3. The van der Waals surface area contributed by atoms with Gasteiger partial charge in [-0.2, -0.15) is 13.2 Å². The summed E-state index contributed by atoms with van der Waals surface area (Å²) in [5, 5.41) is 2.59. The van der Waals surface area contributed by atoms with E-state index >= 15 is 0 Å². The Balaban J connectivity index is 1.89. The summed E-state index contributed by atoms with van der Waals surface area (Å²) in [6.45, 7) is 3.94. The van der Waals surface area contributed by atoms with Crippen molar-refractivity contribution < 1.29 is 18.0 Å². The van der Waals surface area contributed by atoms with E-state index in [0.29, 0.717) is 10.5 Å². The van der Waals surface area contributed by atoms with Gasteiger partial charge in [-0.05, 0) is 36.8 Å². The van der Waals surface area contributed by atoms with Crippen molar-refractivity contribution in [3.8, 4) is 0 Å². The third kappa shape index (κ3) is 4.44. The zero-order valence-electron chi connectivity index (χ0n) is 14.7. The number of nitrogens with one attached hydrogen (secondary N) is 1. The number of anilines is 1. The number of rotatable bonds is 5. The van der Waals surface area contributed by atoms with Crippen molar-refractivity contribution >= 4 is 29.0 Å². The van der Waals surface area contributed by atoms with Gasteiger partial charge in [-0.3, -0.25) is 4.79 Å². The SMILES string of the molecule is CCC(C)Sc1ccc(NC(=O)c2ccc3nccn3c2)c(C(F)(F)F)c1. The van der Waals surface area contributed by atoms with Crippen molar-refractivity contribution in [1.82, 2.24) is 9.38 Å². The molecule has 1 N–H and O–H groups in total. The first-order valence-corrected chi connectivity index (χ1v) is 9.28. The van der Waals surface area contributed by atoms with Gasteiger partial charge in [-0.15, -0.1) is 11.8 Å². The van der Waals surface area contributed by atoms with Crippen LogP contribution in [0.4, 0.5) is 18.9 Å². The maximum atomic E-state index is 13.5. The van der Waals surface area contributed by atoms with Crippen LogP contribution in [-0.2, 0) is 6.18 Å². The van der Waals surface area contributed by atoms with Crippen LogP contribution in [0.1, 0.15) is 36.2 Å². The first kappa shape index (κ1) is 19.3. The molecular weight excluding hydrogens is 375 g/mol. The number of halogens is 3. The van der Waals surface area contributed by atoms with Gasteiger partial charge in [0.1, 0.15) is 5.65 Å².